The van der Waals surface area contributed by atoms with Crippen molar-refractivity contribution in [2.45, 2.75) is 27.2 Å². The fourth-order valence-electron chi connectivity index (χ4n) is 3.37. The second kappa shape index (κ2) is 4.97. The maximum absolute atomic E-state index is 12.6. The van der Waals surface area contributed by atoms with Gasteiger partial charge in [-0.1, -0.05) is 25.5 Å². The highest BCUT2D eigenvalue weighted by molar-refractivity contribution is 5.98. The van der Waals surface area contributed by atoms with Gasteiger partial charge < -0.3 is 9.88 Å². The van der Waals surface area contributed by atoms with E-state index in [1.165, 1.54) is 12.0 Å². The molecule has 0 saturated carbocycles. The number of piperidine rings is 1. The van der Waals surface area contributed by atoms with Gasteiger partial charge in [0.15, 0.2) is 0 Å². The van der Waals surface area contributed by atoms with Gasteiger partial charge in [0.2, 0.25) is 0 Å². The Bertz CT molecular complexity index is 633. The van der Waals surface area contributed by atoms with Crippen LogP contribution in [0.15, 0.2) is 24.3 Å². The lowest BCUT2D eigenvalue weighted by Gasteiger charge is -2.34. The van der Waals surface area contributed by atoms with Gasteiger partial charge in [0, 0.05) is 24.0 Å². The number of hydrogen-bond donors (Lipinski definition) is 1. The van der Waals surface area contributed by atoms with Crippen molar-refractivity contribution in [2.24, 2.45) is 11.8 Å². The zero-order valence-electron chi connectivity index (χ0n) is 12.4. The molecule has 3 rings (SSSR count). The van der Waals surface area contributed by atoms with Crippen LogP contribution in [0, 0.1) is 18.8 Å². The highest BCUT2D eigenvalue weighted by Gasteiger charge is 2.26. The van der Waals surface area contributed by atoms with Gasteiger partial charge >= 0.3 is 0 Å². The van der Waals surface area contributed by atoms with Gasteiger partial charge in [-0.15, -0.1) is 0 Å². The summed E-state index contributed by atoms with van der Waals surface area (Å²) in [6.45, 7) is 8.27. The number of benzene rings is 1. The zero-order chi connectivity index (χ0) is 14.3. The summed E-state index contributed by atoms with van der Waals surface area (Å²) in [4.78, 5) is 17.9. The summed E-state index contributed by atoms with van der Waals surface area (Å²) in [7, 11) is 0. The monoisotopic (exact) mass is 270 g/mol. The molecule has 1 N–H and O–H groups in total. The topological polar surface area (TPSA) is 36.1 Å². The molecular weight excluding hydrogens is 248 g/mol. The van der Waals surface area contributed by atoms with E-state index in [1.807, 2.05) is 17.0 Å². The minimum atomic E-state index is 0.136. The number of H-pyrrole nitrogens is 1. The second-order valence-corrected chi connectivity index (χ2v) is 6.43. The zero-order valence-corrected chi connectivity index (χ0v) is 12.4. The molecule has 2 heterocycles. The van der Waals surface area contributed by atoms with E-state index < -0.39 is 0 Å². The predicted molar refractivity (Wildman–Crippen MR) is 81.9 cm³/mol. The van der Waals surface area contributed by atoms with Crippen LogP contribution >= 0.6 is 0 Å². The first-order chi connectivity index (χ1) is 9.52. The molecule has 1 aromatic heterocycles. The number of fused-ring (bicyclic) bond motifs is 1. The van der Waals surface area contributed by atoms with Gasteiger partial charge in [0.1, 0.15) is 5.69 Å². The summed E-state index contributed by atoms with van der Waals surface area (Å²) in [5, 5.41) is 1.12. The number of rotatable bonds is 1. The van der Waals surface area contributed by atoms with E-state index in [-0.39, 0.29) is 5.91 Å². The fourth-order valence-corrected chi connectivity index (χ4v) is 3.37. The van der Waals surface area contributed by atoms with Crippen molar-refractivity contribution >= 4 is 16.8 Å². The average molecular weight is 270 g/mol. The maximum atomic E-state index is 12.6. The van der Waals surface area contributed by atoms with Crippen molar-refractivity contribution in [2.75, 3.05) is 13.1 Å². The van der Waals surface area contributed by atoms with Gasteiger partial charge in [-0.3, -0.25) is 4.79 Å². The Morgan fingerprint density at radius 1 is 1.20 bits per heavy atom. The second-order valence-electron chi connectivity index (χ2n) is 6.43. The van der Waals surface area contributed by atoms with Crippen LogP contribution < -0.4 is 0 Å². The van der Waals surface area contributed by atoms with Crippen LogP contribution in [-0.4, -0.2) is 28.9 Å². The average Bonchev–Trinajstić information content (AvgIpc) is 2.79. The number of carbonyl (C=O) groups is 1. The quantitative estimate of drug-likeness (QED) is 0.844. The number of aryl methyl sites for hydroxylation is 1. The van der Waals surface area contributed by atoms with Crippen molar-refractivity contribution in [1.29, 1.82) is 0 Å². The predicted octanol–water partition coefficient (Wildman–Crippen LogP) is 3.59. The Kier molecular flexibility index (Phi) is 3.28. The molecule has 0 aliphatic carbocycles. The van der Waals surface area contributed by atoms with E-state index in [9.17, 15) is 4.79 Å². The largest absolute Gasteiger partial charge is 0.351 e. The molecule has 1 saturated heterocycles. The molecule has 20 heavy (non-hydrogen) atoms. The Balaban J connectivity index is 1.88. The first kappa shape index (κ1) is 13.2. The minimum absolute atomic E-state index is 0.136. The first-order valence-corrected chi connectivity index (χ1v) is 7.41. The molecule has 0 radical (unpaired) electrons. The number of amides is 1. The van der Waals surface area contributed by atoms with Gasteiger partial charge in [0.05, 0.1) is 0 Å². The summed E-state index contributed by atoms with van der Waals surface area (Å²) in [6.07, 6.45) is 1.22. The molecule has 0 bridgehead atoms. The Morgan fingerprint density at radius 2 is 1.90 bits per heavy atom. The number of nitrogens with zero attached hydrogens (tertiary/aromatic N) is 1. The molecule has 3 heteroatoms. The van der Waals surface area contributed by atoms with Crippen molar-refractivity contribution in [3.63, 3.8) is 0 Å². The Hall–Kier alpha value is -1.77. The number of carbonyl (C=O) groups excluding carboxylic acids is 1. The van der Waals surface area contributed by atoms with Crippen LogP contribution in [-0.2, 0) is 0 Å². The van der Waals surface area contributed by atoms with Crippen LogP contribution in [0.5, 0.6) is 0 Å². The molecule has 1 aliphatic heterocycles. The Morgan fingerprint density at radius 3 is 2.60 bits per heavy atom. The molecule has 2 aromatic rings. The molecule has 0 unspecified atom stereocenters. The highest BCUT2D eigenvalue weighted by atomic mass is 16.2. The summed E-state index contributed by atoms with van der Waals surface area (Å²) in [5.41, 5.74) is 2.97. The van der Waals surface area contributed by atoms with Crippen molar-refractivity contribution in [1.82, 2.24) is 9.88 Å². The van der Waals surface area contributed by atoms with E-state index in [1.54, 1.807) is 0 Å². The van der Waals surface area contributed by atoms with Gasteiger partial charge in [0.25, 0.3) is 5.91 Å². The van der Waals surface area contributed by atoms with E-state index in [2.05, 4.69) is 37.9 Å². The number of likely N-dealkylation sites (tertiary alicyclic amines) is 1. The molecule has 106 valence electrons. The van der Waals surface area contributed by atoms with Crippen molar-refractivity contribution in [3.8, 4) is 0 Å². The van der Waals surface area contributed by atoms with Crippen LogP contribution in [0.3, 0.4) is 0 Å². The number of hydrogen-bond acceptors (Lipinski definition) is 1. The fraction of sp³-hybridized carbons (Fsp3) is 0.471. The first-order valence-electron chi connectivity index (χ1n) is 7.41. The summed E-state index contributed by atoms with van der Waals surface area (Å²) >= 11 is 0. The van der Waals surface area contributed by atoms with Crippen LogP contribution in [0.25, 0.3) is 10.9 Å². The van der Waals surface area contributed by atoms with E-state index in [0.29, 0.717) is 17.5 Å². The van der Waals surface area contributed by atoms with Gasteiger partial charge in [-0.2, -0.15) is 0 Å². The van der Waals surface area contributed by atoms with Gasteiger partial charge in [-0.05, 0) is 43.4 Å². The lowest BCUT2D eigenvalue weighted by molar-refractivity contribution is 0.0618. The summed E-state index contributed by atoms with van der Waals surface area (Å²) in [5.74, 6) is 1.32. The standard InChI is InChI=1S/C17H22N2O/c1-11-4-5-15-14(7-11)8-16(18-15)17(20)19-9-12(2)6-13(3)10-19/h4-5,7-8,12-13,18H,6,9-10H2,1-3H3/t12-,13-/m1/s1. The number of nitrogens with one attached hydrogen (secondary N) is 1. The lowest BCUT2D eigenvalue weighted by atomic mass is 9.92. The van der Waals surface area contributed by atoms with Crippen LogP contribution in [0.2, 0.25) is 0 Å². The molecule has 1 aliphatic rings. The normalized spacial score (nSPS) is 23.2. The summed E-state index contributed by atoms with van der Waals surface area (Å²) in [6, 6.07) is 8.21. The minimum Gasteiger partial charge on any atom is -0.351 e. The number of aromatic nitrogens is 1. The molecular formula is C17H22N2O. The Labute approximate surface area is 120 Å². The highest BCUT2D eigenvalue weighted by Crippen LogP contribution is 2.24. The maximum Gasteiger partial charge on any atom is 0.270 e. The molecule has 1 fully saturated rings. The number of aromatic amines is 1. The third-order valence-electron chi connectivity index (χ3n) is 4.16. The third kappa shape index (κ3) is 2.45. The van der Waals surface area contributed by atoms with Crippen LogP contribution in [0.4, 0.5) is 0 Å². The molecule has 1 aromatic carbocycles. The SMILES string of the molecule is Cc1ccc2[nH]c(C(=O)N3C[C@H](C)C[C@@H](C)C3)cc2c1. The van der Waals surface area contributed by atoms with Crippen molar-refractivity contribution in [3.05, 3.63) is 35.5 Å². The van der Waals surface area contributed by atoms with Gasteiger partial charge in [-0.25, -0.2) is 0 Å². The van der Waals surface area contributed by atoms with Crippen LogP contribution in [0.1, 0.15) is 36.3 Å². The van der Waals surface area contributed by atoms with E-state index in [4.69, 9.17) is 0 Å². The molecule has 3 nitrogen and oxygen atoms in total. The van der Waals surface area contributed by atoms with Crippen molar-refractivity contribution < 1.29 is 4.79 Å². The lowest BCUT2D eigenvalue weighted by Crippen LogP contribution is -2.42. The molecule has 0 spiro atoms. The molecule has 2 atom stereocenters. The molecule has 1 amide bonds. The third-order valence-corrected chi connectivity index (χ3v) is 4.16. The van der Waals surface area contributed by atoms with E-state index >= 15 is 0 Å². The smallest absolute Gasteiger partial charge is 0.270 e. The summed E-state index contributed by atoms with van der Waals surface area (Å²) < 4.78 is 0. The van der Waals surface area contributed by atoms with E-state index in [0.717, 1.165) is 24.0 Å².